The van der Waals surface area contributed by atoms with Gasteiger partial charge in [0.15, 0.2) is 0 Å². The molecule has 0 bridgehead atoms. The lowest BCUT2D eigenvalue weighted by molar-refractivity contribution is 0.1000. The Kier molecular flexibility index (Phi) is 6.70. The van der Waals surface area contributed by atoms with E-state index in [-0.39, 0.29) is 0 Å². The van der Waals surface area contributed by atoms with Gasteiger partial charge < -0.3 is 14.8 Å². The Morgan fingerprint density at radius 1 is 1.35 bits per heavy atom. The lowest BCUT2D eigenvalue weighted by Gasteiger charge is -2.25. The molecule has 1 unspecified atom stereocenters. The zero-order chi connectivity index (χ0) is 14.2. The van der Waals surface area contributed by atoms with E-state index in [0.29, 0.717) is 6.04 Å². The van der Waals surface area contributed by atoms with Crippen molar-refractivity contribution in [2.24, 2.45) is 0 Å². The van der Waals surface area contributed by atoms with Gasteiger partial charge in [0, 0.05) is 35.8 Å². The van der Waals surface area contributed by atoms with E-state index in [2.05, 4.69) is 36.1 Å². The van der Waals surface area contributed by atoms with E-state index in [1.807, 2.05) is 12.1 Å². The van der Waals surface area contributed by atoms with Crippen LogP contribution in [0, 0.1) is 0 Å². The van der Waals surface area contributed by atoms with Gasteiger partial charge in [0.05, 0.1) is 7.11 Å². The average Bonchev–Trinajstić information content (AvgIpc) is 2.52. The summed E-state index contributed by atoms with van der Waals surface area (Å²) in [6.45, 7) is 4.95. The van der Waals surface area contributed by atoms with Gasteiger partial charge in [-0.2, -0.15) is 11.8 Å². The zero-order valence-corrected chi connectivity index (χ0v) is 13.2. The van der Waals surface area contributed by atoms with E-state index in [1.54, 1.807) is 7.11 Å². The predicted octanol–water partition coefficient (Wildman–Crippen LogP) is 3.26. The molecule has 2 rings (SSSR count). The summed E-state index contributed by atoms with van der Waals surface area (Å²) in [5, 5.41) is 4.32. The van der Waals surface area contributed by atoms with Crippen LogP contribution >= 0.6 is 11.8 Å². The molecule has 1 aliphatic heterocycles. The maximum Gasteiger partial charge on any atom is 0.123 e. The van der Waals surface area contributed by atoms with Gasteiger partial charge in [-0.3, -0.25) is 0 Å². The third-order valence-corrected chi connectivity index (χ3v) is 5.10. The normalized spacial score (nSPS) is 17.9. The molecule has 0 aliphatic carbocycles. The maximum atomic E-state index is 5.50. The number of methoxy groups -OCH3 is 1. The molecule has 1 heterocycles. The van der Waals surface area contributed by atoms with Crippen LogP contribution in [0.5, 0.6) is 5.75 Å². The second kappa shape index (κ2) is 8.55. The fourth-order valence-corrected chi connectivity index (χ4v) is 3.82. The van der Waals surface area contributed by atoms with Crippen LogP contribution in [0.4, 0.5) is 0 Å². The van der Waals surface area contributed by atoms with Crippen molar-refractivity contribution >= 4 is 11.8 Å². The van der Waals surface area contributed by atoms with Crippen LogP contribution in [0.1, 0.15) is 31.4 Å². The van der Waals surface area contributed by atoms with Crippen molar-refractivity contribution in [2.75, 3.05) is 32.6 Å². The lowest BCUT2D eigenvalue weighted by Crippen LogP contribution is -2.26. The Morgan fingerprint density at radius 2 is 2.10 bits per heavy atom. The Balaban J connectivity index is 1.98. The predicted molar refractivity (Wildman–Crippen MR) is 85.7 cm³/mol. The van der Waals surface area contributed by atoms with E-state index >= 15 is 0 Å². The minimum atomic E-state index is 0.351. The summed E-state index contributed by atoms with van der Waals surface area (Å²) in [6, 6.07) is 8.66. The number of ether oxygens (including phenoxy) is 2. The molecule has 1 fully saturated rings. The van der Waals surface area contributed by atoms with Gasteiger partial charge in [-0.05, 0) is 25.5 Å². The minimum Gasteiger partial charge on any atom is -0.496 e. The van der Waals surface area contributed by atoms with E-state index < -0.39 is 0 Å². The Hall–Kier alpha value is -0.710. The van der Waals surface area contributed by atoms with E-state index in [1.165, 1.54) is 18.4 Å². The second-order valence-corrected chi connectivity index (χ2v) is 6.33. The van der Waals surface area contributed by atoms with Crippen molar-refractivity contribution in [3.63, 3.8) is 0 Å². The van der Waals surface area contributed by atoms with Gasteiger partial charge in [-0.15, -0.1) is 0 Å². The average molecular weight is 295 g/mol. The molecule has 0 aromatic heterocycles. The highest BCUT2D eigenvalue weighted by atomic mass is 32.2. The molecule has 1 N–H and O–H groups in total. The van der Waals surface area contributed by atoms with E-state index in [0.717, 1.165) is 36.5 Å². The molecule has 4 heteroatoms. The van der Waals surface area contributed by atoms with Gasteiger partial charge in [-0.25, -0.2) is 0 Å². The van der Waals surface area contributed by atoms with E-state index in [9.17, 15) is 0 Å². The van der Waals surface area contributed by atoms with Crippen LogP contribution in [0.3, 0.4) is 0 Å². The Labute approximate surface area is 126 Å². The highest BCUT2D eigenvalue weighted by Crippen LogP contribution is 2.31. The Morgan fingerprint density at radius 3 is 2.80 bits per heavy atom. The van der Waals surface area contributed by atoms with Crippen LogP contribution in [-0.4, -0.2) is 37.9 Å². The minimum absolute atomic E-state index is 0.351. The third kappa shape index (κ3) is 4.40. The van der Waals surface area contributed by atoms with Crippen LogP contribution in [0.25, 0.3) is 0 Å². The zero-order valence-electron chi connectivity index (χ0n) is 12.4. The molecule has 112 valence electrons. The number of para-hydroxylation sites is 1. The van der Waals surface area contributed by atoms with Crippen molar-refractivity contribution in [3.8, 4) is 5.75 Å². The van der Waals surface area contributed by atoms with Crippen LogP contribution < -0.4 is 10.1 Å². The van der Waals surface area contributed by atoms with Crippen molar-refractivity contribution in [1.82, 2.24) is 5.32 Å². The first-order valence-electron chi connectivity index (χ1n) is 7.40. The summed E-state index contributed by atoms with van der Waals surface area (Å²) in [5.41, 5.74) is 1.26. The van der Waals surface area contributed by atoms with E-state index in [4.69, 9.17) is 9.47 Å². The molecule has 0 spiro atoms. The largest absolute Gasteiger partial charge is 0.496 e. The van der Waals surface area contributed by atoms with Crippen LogP contribution in [0.2, 0.25) is 0 Å². The summed E-state index contributed by atoms with van der Waals surface area (Å²) in [5.74, 6) is 2.06. The number of hydrogen-bond donors (Lipinski definition) is 1. The number of rotatable bonds is 7. The number of benzene rings is 1. The fourth-order valence-electron chi connectivity index (χ4n) is 2.53. The van der Waals surface area contributed by atoms with Gasteiger partial charge in [0.2, 0.25) is 0 Å². The molecular formula is C16H25NO2S. The molecule has 1 aliphatic rings. The first kappa shape index (κ1) is 15.7. The second-order valence-electron chi connectivity index (χ2n) is 5.00. The molecule has 1 aromatic rings. The standard InChI is InChI=1S/C16H25NO2S/c1-3-17-15(12-20-13-8-10-19-11-9-13)14-6-4-5-7-16(14)18-2/h4-7,13,15,17H,3,8-12H2,1-2H3. The van der Waals surface area contributed by atoms with Crippen molar-refractivity contribution < 1.29 is 9.47 Å². The summed E-state index contributed by atoms with van der Waals surface area (Å²) in [6.07, 6.45) is 2.35. The van der Waals surface area contributed by atoms with Gasteiger partial charge in [-0.1, -0.05) is 25.1 Å². The smallest absolute Gasteiger partial charge is 0.123 e. The number of hydrogen-bond acceptors (Lipinski definition) is 4. The lowest BCUT2D eigenvalue weighted by atomic mass is 10.1. The molecule has 0 saturated carbocycles. The highest BCUT2D eigenvalue weighted by molar-refractivity contribution is 7.99. The number of thioether (sulfide) groups is 1. The fraction of sp³-hybridized carbons (Fsp3) is 0.625. The Bertz CT molecular complexity index is 394. The first-order valence-corrected chi connectivity index (χ1v) is 8.45. The summed E-state index contributed by atoms with van der Waals surface area (Å²) >= 11 is 2.06. The van der Waals surface area contributed by atoms with Crippen molar-refractivity contribution in [3.05, 3.63) is 29.8 Å². The highest BCUT2D eigenvalue weighted by Gasteiger charge is 2.19. The van der Waals surface area contributed by atoms with Crippen LogP contribution in [-0.2, 0) is 4.74 Å². The van der Waals surface area contributed by atoms with Gasteiger partial charge >= 0.3 is 0 Å². The quantitative estimate of drug-likeness (QED) is 0.836. The molecule has 0 radical (unpaired) electrons. The number of nitrogens with one attached hydrogen (secondary N) is 1. The van der Waals surface area contributed by atoms with Crippen molar-refractivity contribution in [2.45, 2.75) is 31.1 Å². The molecular weight excluding hydrogens is 270 g/mol. The monoisotopic (exact) mass is 295 g/mol. The molecule has 1 saturated heterocycles. The molecule has 1 atom stereocenters. The molecule has 0 amide bonds. The maximum absolute atomic E-state index is 5.50. The first-order chi connectivity index (χ1) is 9.85. The topological polar surface area (TPSA) is 30.5 Å². The van der Waals surface area contributed by atoms with Gasteiger partial charge in [0.25, 0.3) is 0 Å². The SMILES string of the molecule is CCNC(CSC1CCOCC1)c1ccccc1OC. The summed E-state index contributed by atoms with van der Waals surface area (Å²) < 4.78 is 10.9. The molecule has 1 aromatic carbocycles. The third-order valence-electron chi connectivity index (χ3n) is 3.63. The van der Waals surface area contributed by atoms with Crippen molar-refractivity contribution in [1.29, 1.82) is 0 Å². The van der Waals surface area contributed by atoms with Gasteiger partial charge in [0.1, 0.15) is 5.75 Å². The van der Waals surface area contributed by atoms with Crippen LogP contribution in [0.15, 0.2) is 24.3 Å². The molecule has 3 nitrogen and oxygen atoms in total. The summed E-state index contributed by atoms with van der Waals surface area (Å²) in [7, 11) is 1.74. The molecule has 20 heavy (non-hydrogen) atoms. The summed E-state index contributed by atoms with van der Waals surface area (Å²) in [4.78, 5) is 0.